The molecule has 0 saturated carbocycles. The molecule has 1 aromatic carbocycles. The topological polar surface area (TPSA) is 65.1 Å². The Hall–Kier alpha value is -2.51. The Bertz CT molecular complexity index is 833. The second-order valence-corrected chi connectivity index (χ2v) is 7.31. The van der Waals surface area contributed by atoms with Crippen LogP contribution in [0.4, 0.5) is 0 Å². The van der Waals surface area contributed by atoms with Crippen LogP contribution < -0.4 is 9.47 Å². The molecule has 144 valence electrons. The molecule has 0 atom stereocenters. The largest absolute Gasteiger partial charge is 0.493 e. The summed E-state index contributed by atoms with van der Waals surface area (Å²) in [7, 11) is 4.52. The highest BCUT2D eigenvalue weighted by atomic mass is 35.5. The summed E-state index contributed by atoms with van der Waals surface area (Å²) in [4.78, 5) is 26.0. The molecule has 0 radical (unpaired) electrons. The van der Waals surface area contributed by atoms with Crippen molar-refractivity contribution in [1.82, 2.24) is 4.90 Å². The minimum atomic E-state index is -0.449. The van der Waals surface area contributed by atoms with Crippen LogP contribution in [0.1, 0.15) is 10.4 Å². The molecule has 1 aromatic heterocycles. The van der Waals surface area contributed by atoms with E-state index < -0.39 is 5.97 Å². The Morgan fingerprint density at radius 1 is 1.19 bits per heavy atom. The summed E-state index contributed by atoms with van der Waals surface area (Å²) in [5, 5.41) is 0. The van der Waals surface area contributed by atoms with E-state index in [9.17, 15) is 9.59 Å². The molecule has 0 bridgehead atoms. The van der Waals surface area contributed by atoms with E-state index in [1.54, 1.807) is 42.3 Å². The molecule has 0 aliphatic rings. The van der Waals surface area contributed by atoms with Gasteiger partial charge in [-0.15, -0.1) is 11.3 Å². The number of halogens is 1. The fourth-order valence-electron chi connectivity index (χ4n) is 2.15. The zero-order valence-electron chi connectivity index (χ0n) is 15.2. The molecule has 6 nitrogen and oxygen atoms in total. The molecule has 2 aromatic rings. The van der Waals surface area contributed by atoms with Crippen molar-refractivity contribution < 1.29 is 23.8 Å². The van der Waals surface area contributed by atoms with Gasteiger partial charge in [0.2, 0.25) is 0 Å². The van der Waals surface area contributed by atoms with Crippen LogP contribution in [0.3, 0.4) is 0 Å². The van der Waals surface area contributed by atoms with Crippen LogP contribution in [-0.4, -0.2) is 44.7 Å². The van der Waals surface area contributed by atoms with Gasteiger partial charge in [-0.1, -0.05) is 17.7 Å². The number of esters is 1. The lowest BCUT2D eigenvalue weighted by atomic mass is 10.2. The minimum absolute atomic E-state index is 0.122. The lowest BCUT2D eigenvalue weighted by molar-refractivity contribution is -0.135. The Labute approximate surface area is 166 Å². The van der Waals surface area contributed by atoms with Gasteiger partial charge in [0.25, 0.3) is 5.91 Å². The Balaban J connectivity index is 1.96. The van der Waals surface area contributed by atoms with Crippen LogP contribution in [0, 0.1) is 0 Å². The summed E-state index contributed by atoms with van der Waals surface area (Å²) in [6.45, 7) is 0.345. The van der Waals surface area contributed by atoms with Gasteiger partial charge in [-0.3, -0.25) is 4.79 Å². The number of nitrogens with zero attached hydrogens (tertiary/aromatic N) is 1. The van der Waals surface area contributed by atoms with E-state index in [4.69, 9.17) is 21.1 Å². The first kappa shape index (κ1) is 20.8. The van der Waals surface area contributed by atoms with E-state index in [-0.39, 0.29) is 12.5 Å². The van der Waals surface area contributed by atoms with Gasteiger partial charge in [0.05, 0.1) is 25.1 Å². The second-order valence-electron chi connectivity index (χ2n) is 5.51. The fourth-order valence-corrected chi connectivity index (χ4v) is 3.29. The van der Waals surface area contributed by atoms with Gasteiger partial charge in [-0.05, 0) is 35.9 Å². The van der Waals surface area contributed by atoms with Crippen LogP contribution in [0.5, 0.6) is 11.5 Å². The first-order valence-electron chi connectivity index (χ1n) is 7.98. The third kappa shape index (κ3) is 6.30. The lowest BCUT2D eigenvalue weighted by Gasteiger charge is -2.17. The molecule has 2 rings (SSSR count). The van der Waals surface area contributed by atoms with Crippen LogP contribution in [0.2, 0.25) is 4.34 Å². The predicted octanol–water partition coefficient (Wildman–Crippen LogP) is 3.63. The van der Waals surface area contributed by atoms with Gasteiger partial charge >= 0.3 is 5.97 Å². The third-order valence-electron chi connectivity index (χ3n) is 3.60. The summed E-state index contributed by atoms with van der Waals surface area (Å²) in [6, 6.07) is 8.83. The normalized spacial score (nSPS) is 10.7. The van der Waals surface area contributed by atoms with Crippen LogP contribution in [0.15, 0.2) is 36.4 Å². The summed E-state index contributed by atoms with van der Waals surface area (Å²) in [5.74, 6) is 0.280. The summed E-state index contributed by atoms with van der Waals surface area (Å²) < 4.78 is 16.1. The smallest absolute Gasteiger partial charge is 0.330 e. The quantitative estimate of drug-likeness (QED) is 0.492. The van der Waals surface area contributed by atoms with Crippen LogP contribution >= 0.6 is 22.9 Å². The number of likely N-dealkylation sites (N-methyl/N-ethyl adjacent to an activating group) is 1. The fraction of sp³-hybridized carbons (Fsp3) is 0.263. The Kier molecular flexibility index (Phi) is 7.69. The molecular formula is C19H20ClNO5S. The van der Waals surface area contributed by atoms with Gasteiger partial charge < -0.3 is 19.1 Å². The maximum absolute atomic E-state index is 12.3. The van der Waals surface area contributed by atoms with E-state index in [2.05, 4.69) is 4.74 Å². The van der Waals surface area contributed by atoms with Crippen molar-refractivity contribution >= 4 is 40.9 Å². The number of thiophene rings is 1. The van der Waals surface area contributed by atoms with Crippen molar-refractivity contribution in [3.63, 3.8) is 0 Å². The number of methoxy groups -OCH3 is 2. The Morgan fingerprint density at radius 2 is 1.96 bits per heavy atom. The number of amides is 1. The molecule has 1 heterocycles. The monoisotopic (exact) mass is 409 g/mol. The van der Waals surface area contributed by atoms with E-state index in [1.807, 2.05) is 6.07 Å². The van der Waals surface area contributed by atoms with Gasteiger partial charge in [0.1, 0.15) is 0 Å². The maximum Gasteiger partial charge on any atom is 0.330 e. The lowest BCUT2D eigenvalue weighted by Crippen LogP contribution is -2.30. The zero-order valence-corrected chi connectivity index (χ0v) is 16.8. The van der Waals surface area contributed by atoms with Gasteiger partial charge in [-0.2, -0.15) is 0 Å². The van der Waals surface area contributed by atoms with Crippen molar-refractivity contribution in [2.75, 3.05) is 27.9 Å². The number of carbonyl (C=O) groups excluding carboxylic acids is 2. The number of rotatable bonds is 8. The van der Waals surface area contributed by atoms with E-state index >= 15 is 0 Å². The number of ether oxygens (including phenoxy) is 3. The molecular weight excluding hydrogens is 390 g/mol. The van der Waals surface area contributed by atoms with E-state index in [1.165, 1.54) is 31.6 Å². The number of hydrogen-bond donors (Lipinski definition) is 0. The van der Waals surface area contributed by atoms with Gasteiger partial charge in [0, 0.05) is 18.0 Å². The van der Waals surface area contributed by atoms with Crippen molar-refractivity contribution in [3.8, 4) is 11.5 Å². The summed E-state index contributed by atoms with van der Waals surface area (Å²) in [6.07, 6.45) is 2.91. The predicted molar refractivity (Wildman–Crippen MR) is 105 cm³/mol. The number of hydrogen-bond acceptors (Lipinski definition) is 6. The third-order valence-corrected chi connectivity index (χ3v) is 4.82. The van der Waals surface area contributed by atoms with E-state index in [0.717, 1.165) is 10.4 Å². The highest BCUT2D eigenvalue weighted by Gasteiger charge is 2.13. The maximum atomic E-state index is 12.3. The van der Waals surface area contributed by atoms with Gasteiger partial charge in [0.15, 0.2) is 18.1 Å². The second kappa shape index (κ2) is 9.99. The molecule has 0 unspecified atom stereocenters. The summed E-state index contributed by atoms with van der Waals surface area (Å²) >= 11 is 7.34. The Morgan fingerprint density at radius 3 is 2.59 bits per heavy atom. The number of carbonyl (C=O) groups is 2. The molecule has 0 aliphatic carbocycles. The standard InChI is InChI=1S/C19H20ClNO5S/c1-21(11-14-6-8-17(20)27-14)18(22)12-26-15-7-4-13(10-16(15)24-2)5-9-19(23)25-3/h4-10H,11-12H2,1-3H3/b9-5+. The highest BCUT2D eigenvalue weighted by molar-refractivity contribution is 7.16. The molecule has 0 spiro atoms. The summed E-state index contributed by atoms with van der Waals surface area (Å²) in [5.41, 5.74) is 0.739. The van der Waals surface area contributed by atoms with Crippen LogP contribution in [0.25, 0.3) is 6.08 Å². The van der Waals surface area contributed by atoms with Gasteiger partial charge in [-0.25, -0.2) is 4.79 Å². The SMILES string of the molecule is COC(=O)/C=C/c1ccc(OCC(=O)N(C)Cc2ccc(Cl)s2)c(OC)c1. The minimum Gasteiger partial charge on any atom is -0.493 e. The van der Waals surface area contributed by atoms with Crippen molar-refractivity contribution in [2.24, 2.45) is 0 Å². The van der Waals surface area contributed by atoms with Crippen molar-refractivity contribution in [2.45, 2.75) is 6.54 Å². The average molecular weight is 410 g/mol. The first-order valence-corrected chi connectivity index (χ1v) is 9.17. The zero-order chi connectivity index (χ0) is 19.8. The highest BCUT2D eigenvalue weighted by Crippen LogP contribution is 2.29. The molecule has 0 N–H and O–H groups in total. The molecule has 0 fully saturated rings. The van der Waals surface area contributed by atoms with Crippen molar-refractivity contribution in [3.05, 3.63) is 51.2 Å². The van der Waals surface area contributed by atoms with E-state index in [0.29, 0.717) is 22.4 Å². The average Bonchev–Trinajstić information content (AvgIpc) is 3.08. The molecule has 27 heavy (non-hydrogen) atoms. The molecule has 1 amide bonds. The first-order chi connectivity index (χ1) is 12.9. The van der Waals surface area contributed by atoms with Crippen LogP contribution in [-0.2, 0) is 20.9 Å². The molecule has 8 heteroatoms. The molecule has 0 saturated heterocycles. The van der Waals surface area contributed by atoms with Crippen molar-refractivity contribution in [1.29, 1.82) is 0 Å². The number of benzene rings is 1. The molecule has 0 aliphatic heterocycles.